The van der Waals surface area contributed by atoms with Crippen LogP contribution >= 0.6 is 0 Å². The number of anilines is 2. The molecule has 0 saturated heterocycles. The zero-order chi connectivity index (χ0) is 13.1. The number of rotatable bonds is 3. The fraction of sp³-hybridized carbons (Fsp3) is 0.385. The maximum atomic E-state index is 12.0. The molecule has 0 aromatic heterocycles. The molecule has 5 nitrogen and oxygen atoms in total. The molecule has 0 bridgehead atoms. The molecule has 1 heterocycles. The Hall–Kier alpha value is -2.04. The van der Waals surface area contributed by atoms with Gasteiger partial charge in [0, 0.05) is 6.54 Å². The fourth-order valence-electron chi connectivity index (χ4n) is 2.12. The summed E-state index contributed by atoms with van der Waals surface area (Å²) >= 11 is 0. The van der Waals surface area contributed by atoms with E-state index >= 15 is 0 Å². The quantitative estimate of drug-likeness (QED) is 0.649. The van der Waals surface area contributed by atoms with Crippen molar-refractivity contribution in [2.75, 3.05) is 23.4 Å². The van der Waals surface area contributed by atoms with Crippen LogP contribution in [0.25, 0.3) is 0 Å². The summed E-state index contributed by atoms with van der Waals surface area (Å²) in [6, 6.07) is 6.52. The van der Waals surface area contributed by atoms with Crippen LogP contribution in [0.5, 0.6) is 0 Å². The number of nitrogens with one attached hydrogen (secondary N) is 1. The van der Waals surface area contributed by atoms with Crippen molar-refractivity contribution in [2.45, 2.75) is 19.9 Å². The molecule has 1 aromatic carbocycles. The Morgan fingerprint density at radius 3 is 2.78 bits per heavy atom. The van der Waals surface area contributed by atoms with Crippen molar-refractivity contribution in [3.63, 3.8) is 0 Å². The Morgan fingerprint density at radius 1 is 1.39 bits per heavy atom. The van der Waals surface area contributed by atoms with Gasteiger partial charge in [0.25, 0.3) is 5.91 Å². The molecule has 0 fully saturated rings. The summed E-state index contributed by atoms with van der Waals surface area (Å²) in [6.45, 7) is 4.46. The van der Waals surface area contributed by atoms with E-state index in [1.807, 2.05) is 31.2 Å². The molecule has 0 radical (unpaired) electrons. The van der Waals surface area contributed by atoms with Gasteiger partial charge in [-0.15, -0.1) is 0 Å². The maximum absolute atomic E-state index is 12.0. The van der Waals surface area contributed by atoms with Gasteiger partial charge in [-0.1, -0.05) is 12.1 Å². The van der Waals surface area contributed by atoms with Crippen LogP contribution in [0.3, 0.4) is 0 Å². The topological polar surface area (TPSA) is 58.6 Å². The minimum atomic E-state index is -0.898. The minimum Gasteiger partial charge on any atom is -0.464 e. The van der Waals surface area contributed by atoms with Crippen molar-refractivity contribution in [2.24, 2.45) is 0 Å². The Labute approximate surface area is 106 Å². The number of carbonyl (C=O) groups is 2. The summed E-state index contributed by atoms with van der Waals surface area (Å²) in [5.74, 6) is -0.847. The Bertz CT molecular complexity index is 473. The monoisotopic (exact) mass is 248 g/mol. The summed E-state index contributed by atoms with van der Waals surface area (Å²) in [4.78, 5) is 25.6. The van der Waals surface area contributed by atoms with Crippen LogP contribution in [0.1, 0.15) is 13.8 Å². The average Bonchev–Trinajstić information content (AvgIpc) is 2.37. The first-order valence-electron chi connectivity index (χ1n) is 6.02. The summed E-state index contributed by atoms with van der Waals surface area (Å²) in [5.41, 5.74) is 1.57. The number of benzene rings is 1. The van der Waals surface area contributed by atoms with Crippen molar-refractivity contribution in [3.05, 3.63) is 24.3 Å². The molecule has 2 rings (SSSR count). The molecule has 5 heteroatoms. The predicted molar refractivity (Wildman–Crippen MR) is 68.5 cm³/mol. The number of amides is 1. The number of para-hydroxylation sites is 2. The molecular weight excluding hydrogens is 232 g/mol. The third-order valence-corrected chi connectivity index (χ3v) is 2.88. The van der Waals surface area contributed by atoms with Crippen molar-refractivity contribution in [3.8, 4) is 0 Å². The van der Waals surface area contributed by atoms with Gasteiger partial charge >= 0.3 is 5.97 Å². The lowest BCUT2D eigenvalue weighted by molar-refractivity contribution is -0.147. The van der Waals surface area contributed by atoms with Crippen LogP contribution in [0.4, 0.5) is 11.4 Å². The fourth-order valence-corrected chi connectivity index (χ4v) is 2.12. The molecule has 1 N–H and O–H groups in total. The van der Waals surface area contributed by atoms with Crippen LogP contribution in [-0.2, 0) is 14.3 Å². The number of likely N-dealkylation sites (N-methyl/N-ethyl adjacent to an activating group) is 1. The number of nitrogens with zero attached hydrogens (tertiary/aromatic N) is 1. The molecule has 1 aliphatic heterocycles. The number of fused-ring (bicyclic) bond motifs is 1. The molecule has 1 amide bonds. The minimum absolute atomic E-state index is 0.266. The van der Waals surface area contributed by atoms with E-state index in [0.29, 0.717) is 6.54 Å². The van der Waals surface area contributed by atoms with Gasteiger partial charge in [0.1, 0.15) is 0 Å². The third kappa shape index (κ3) is 2.03. The molecule has 18 heavy (non-hydrogen) atoms. The smallest absolute Gasteiger partial charge is 0.338 e. The van der Waals surface area contributed by atoms with E-state index in [9.17, 15) is 9.59 Å². The van der Waals surface area contributed by atoms with E-state index in [0.717, 1.165) is 11.4 Å². The second kappa shape index (κ2) is 5.08. The largest absolute Gasteiger partial charge is 0.464 e. The molecule has 0 saturated carbocycles. The van der Waals surface area contributed by atoms with E-state index in [-0.39, 0.29) is 12.5 Å². The number of hydrogen-bond donors (Lipinski definition) is 1. The molecule has 1 atom stereocenters. The van der Waals surface area contributed by atoms with Gasteiger partial charge in [0.05, 0.1) is 18.0 Å². The van der Waals surface area contributed by atoms with Gasteiger partial charge < -0.3 is 15.0 Å². The van der Waals surface area contributed by atoms with Crippen molar-refractivity contribution in [1.29, 1.82) is 0 Å². The Kier molecular flexibility index (Phi) is 3.50. The molecule has 1 unspecified atom stereocenters. The molecule has 1 aromatic rings. The number of ether oxygens (including phenoxy) is 1. The van der Waals surface area contributed by atoms with Gasteiger partial charge in [-0.25, -0.2) is 4.79 Å². The van der Waals surface area contributed by atoms with E-state index in [1.165, 1.54) is 0 Å². The van der Waals surface area contributed by atoms with Crippen LogP contribution in [0.15, 0.2) is 24.3 Å². The molecule has 1 aliphatic rings. The second-order valence-corrected chi connectivity index (χ2v) is 3.95. The molecule has 0 spiro atoms. The average molecular weight is 248 g/mol. The SMILES string of the molecule is CCOC(=O)C1C(=O)Nc2ccccc2N1CC. The predicted octanol–water partition coefficient (Wildman–Crippen LogP) is 1.40. The summed E-state index contributed by atoms with van der Waals surface area (Å²) in [7, 11) is 0. The highest BCUT2D eigenvalue weighted by Gasteiger charge is 2.38. The highest BCUT2D eigenvalue weighted by atomic mass is 16.5. The lowest BCUT2D eigenvalue weighted by atomic mass is 10.1. The summed E-state index contributed by atoms with van der Waals surface area (Å²) < 4.78 is 4.96. The molecule has 0 aliphatic carbocycles. The first-order valence-corrected chi connectivity index (χ1v) is 6.02. The first kappa shape index (κ1) is 12.4. The zero-order valence-corrected chi connectivity index (χ0v) is 10.5. The third-order valence-electron chi connectivity index (χ3n) is 2.88. The Morgan fingerprint density at radius 2 is 2.11 bits per heavy atom. The molecule has 96 valence electrons. The number of carbonyl (C=O) groups excluding carboxylic acids is 2. The van der Waals surface area contributed by atoms with Gasteiger partial charge in [-0.2, -0.15) is 0 Å². The summed E-state index contributed by atoms with van der Waals surface area (Å²) in [6.07, 6.45) is 0. The lowest BCUT2D eigenvalue weighted by Gasteiger charge is -2.35. The van der Waals surface area contributed by atoms with Crippen molar-refractivity contribution >= 4 is 23.3 Å². The highest BCUT2D eigenvalue weighted by Crippen LogP contribution is 2.31. The number of esters is 1. The van der Waals surface area contributed by atoms with Crippen LogP contribution in [-0.4, -0.2) is 31.1 Å². The lowest BCUT2D eigenvalue weighted by Crippen LogP contribution is -2.53. The second-order valence-electron chi connectivity index (χ2n) is 3.95. The zero-order valence-electron chi connectivity index (χ0n) is 10.5. The van der Waals surface area contributed by atoms with Crippen molar-refractivity contribution < 1.29 is 14.3 Å². The number of hydrogen-bond acceptors (Lipinski definition) is 4. The van der Waals surface area contributed by atoms with Crippen LogP contribution in [0.2, 0.25) is 0 Å². The van der Waals surface area contributed by atoms with E-state index in [4.69, 9.17) is 4.74 Å². The Balaban J connectivity index is 2.38. The van der Waals surface area contributed by atoms with Crippen LogP contribution < -0.4 is 10.2 Å². The van der Waals surface area contributed by atoms with E-state index < -0.39 is 12.0 Å². The van der Waals surface area contributed by atoms with Gasteiger partial charge in [-0.3, -0.25) is 4.79 Å². The molecular formula is C13H16N2O3. The maximum Gasteiger partial charge on any atom is 0.338 e. The van der Waals surface area contributed by atoms with Gasteiger partial charge in [-0.05, 0) is 26.0 Å². The van der Waals surface area contributed by atoms with E-state index in [1.54, 1.807) is 11.8 Å². The van der Waals surface area contributed by atoms with E-state index in [2.05, 4.69) is 5.32 Å². The normalized spacial score (nSPS) is 18.0. The van der Waals surface area contributed by atoms with Gasteiger partial charge in [0.2, 0.25) is 6.04 Å². The highest BCUT2D eigenvalue weighted by molar-refractivity contribution is 6.14. The first-order chi connectivity index (χ1) is 8.69. The van der Waals surface area contributed by atoms with Gasteiger partial charge in [0.15, 0.2) is 0 Å². The van der Waals surface area contributed by atoms with Crippen LogP contribution in [0, 0.1) is 0 Å². The standard InChI is InChI=1S/C13H16N2O3/c1-3-15-10-8-6-5-7-9(10)14-12(16)11(15)13(17)18-4-2/h5-8,11H,3-4H2,1-2H3,(H,14,16). The van der Waals surface area contributed by atoms with Crippen molar-refractivity contribution in [1.82, 2.24) is 0 Å². The summed E-state index contributed by atoms with van der Waals surface area (Å²) in [5, 5.41) is 2.73.